The lowest BCUT2D eigenvalue weighted by atomic mass is 10.2. The summed E-state index contributed by atoms with van der Waals surface area (Å²) in [7, 11) is 3.93. The number of halogens is 2. The van der Waals surface area contributed by atoms with Crippen molar-refractivity contribution in [3.8, 4) is 0 Å². The van der Waals surface area contributed by atoms with Crippen molar-refractivity contribution >= 4 is 37.4 Å². The molecule has 0 fully saturated rings. The first-order chi connectivity index (χ1) is 4.35. The largest absolute Gasteiger partial charge is 0.319 e. The highest BCUT2D eigenvalue weighted by molar-refractivity contribution is 7.80. The van der Waals surface area contributed by atoms with Gasteiger partial charge < -0.3 is 10.6 Å². The normalized spacial score (nSPS) is 8.73. The molecule has 0 aromatic rings. The molecule has 0 aliphatic carbocycles. The average molecular weight is 221 g/mol. The fourth-order valence-electron chi connectivity index (χ4n) is 0.779. The van der Waals surface area contributed by atoms with Crippen LogP contribution in [0.25, 0.3) is 0 Å². The minimum absolute atomic E-state index is 0. The zero-order chi connectivity index (χ0) is 7.11. The van der Waals surface area contributed by atoms with Crippen LogP contribution in [0.15, 0.2) is 0 Å². The predicted molar refractivity (Wildman–Crippen MR) is 59.7 cm³/mol. The summed E-state index contributed by atoms with van der Waals surface area (Å²) < 4.78 is 0. The Morgan fingerprint density at radius 3 is 1.64 bits per heavy atom. The van der Waals surface area contributed by atoms with Gasteiger partial charge in [-0.05, 0) is 38.9 Å². The van der Waals surface area contributed by atoms with Gasteiger partial charge in [0.15, 0.2) is 0 Å². The Balaban J connectivity index is -0.000000320. The Morgan fingerprint density at radius 2 is 1.45 bits per heavy atom. The minimum Gasteiger partial charge on any atom is -0.319 e. The van der Waals surface area contributed by atoms with Crippen LogP contribution in [0.1, 0.15) is 0 Å². The van der Waals surface area contributed by atoms with Crippen molar-refractivity contribution in [3.05, 3.63) is 0 Å². The van der Waals surface area contributed by atoms with Crippen LogP contribution < -0.4 is 10.6 Å². The van der Waals surface area contributed by atoms with Gasteiger partial charge in [0.25, 0.3) is 0 Å². The lowest BCUT2D eigenvalue weighted by molar-refractivity contribution is 0.524. The van der Waals surface area contributed by atoms with Crippen molar-refractivity contribution in [1.29, 1.82) is 0 Å². The van der Waals surface area contributed by atoms with Gasteiger partial charge in [-0.25, -0.2) is 0 Å². The Labute approximate surface area is 87.1 Å². The lowest BCUT2D eigenvalue weighted by Crippen LogP contribution is -2.28. The summed E-state index contributed by atoms with van der Waals surface area (Å²) in [4.78, 5) is 0. The molecule has 0 aliphatic heterocycles. The molecule has 0 atom stereocenters. The van der Waals surface area contributed by atoms with E-state index in [0.29, 0.717) is 5.92 Å². The summed E-state index contributed by atoms with van der Waals surface area (Å²) >= 11 is 4.20. The van der Waals surface area contributed by atoms with E-state index in [1.54, 1.807) is 0 Å². The van der Waals surface area contributed by atoms with Crippen molar-refractivity contribution in [1.82, 2.24) is 10.6 Å². The topological polar surface area (TPSA) is 24.1 Å². The molecule has 0 saturated heterocycles. The molecule has 5 heteroatoms. The van der Waals surface area contributed by atoms with Gasteiger partial charge in [-0.15, -0.1) is 24.8 Å². The Hall–Kier alpha value is 0.850. The van der Waals surface area contributed by atoms with Crippen LogP contribution in [-0.4, -0.2) is 32.9 Å². The van der Waals surface area contributed by atoms with E-state index < -0.39 is 0 Å². The zero-order valence-electron chi connectivity index (χ0n) is 6.96. The predicted octanol–water partition coefficient (Wildman–Crippen LogP) is 0.815. The van der Waals surface area contributed by atoms with Crippen LogP contribution in [-0.2, 0) is 0 Å². The Morgan fingerprint density at radius 1 is 1.09 bits per heavy atom. The molecule has 0 unspecified atom stereocenters. The van der Waals surface area contributed by atoms with E-state index in [1.807, 2.05) is 14.1 Å². The zero-order valence-corrected chi connectivity index (χ0v) is 9.49. The maximum absolute atomic E-state index is 4.20. The maximum Gasteiger partial charge on any atom is -0.000356 e. The number of thiol groups is 1. The summed E-state index contributed by atoms with van der Waals surface area (Å²) in [5.74, 6) is 1.60. The summed E-state index contributed by atoms with van der Waals surface area (Å²) in [5.41, 5.74) is 0. The van der Waals surface area contributed by atoms with E-state index >= 15 is 0 Å². The second-order valence-corrected chi connectivity index (χ2v) is 2.53. The molecular formula is C6H18Cl2N2S. The van der Waals surface area contributed by atoms with Crippen LogP contribution in [0.5, 0.6) is 0 Å². The van der Waals surface area contributed by atoms with Crippen molar-refractivity contribution in [2.24, 2.45) is 5.92 Å². The molecule has 0 aliphatic rings. The van der Waals surface area contributed by atoms with Crippen LogP contribution in [0.4, 0.5) is 0 Å². The second-order valence-electron chi connectivity index (χ2n) is 2.16. The number of hydrogen-bond acceptors (Lipinski definition) is 3. The first-order valence-corrected chi connectivity index (χ1v) is 3.88. The molecular weight excluding hydrogens is 203 g/mol. The SMILES string of the molecule is CNCC(CS)CNC.Cl.Cl. The number of nitrogens with one attached hydrogen (secondary N) is 2. The fraction of sp³-hybridized carbons (Fsp3) is 1.00. The van der Waals surface area contributed by atoms with E-state index in [4.69, 9.17) is 0 Å². The molecule has 11 heavy (non-hydrogen) atoms. The van der Waals surface area contributed by atoms with E-state index in [-0.39, 0.29) is 24.8 Å². The standard InChI is InChI=1S/C6H16N2S.2ClH/c1-7-3-6(5-9)4-8-2;;/h6-9H,3-5H2,1-2H3;2*1H. The van der Waals surface area contributed by atoms with Crippen LogP contribution >= 0.6 is 37.4 Å². The van der Waals surface area contributed by atoms with Crippen LogP contribution in [0.3, 0.4) is 0 Å². The van der Waals surface area contributed by atoms with Gasteiger partial charge in [0.05, 0.1) is 0 Å². The molecule has 0 bridgehead atoms. The third kappa shape index (κ3) is 10.8. The van der Waals surface area contributed by atoms with Gasteiger partial charge in [0.2, 0.25) is 0 Å². The van der Waals surface area contributed by atoms with Crippen LogP contribution in [0.2, 0.25) is 0 Å². The van der Waals surface area contributed by atoms with Gasteiger partial charge in [-0.1, -0.05) is 0 Å². The van der Waals surface area contributed by atoms with E-state index in [9.17, 15) is 0 Å². The maximum atomic E-state index is 4.20. The number of rotatable bonds is 5. The highest BCUT2D eigenvalue weighted by atomic mass is 35.5. The second kappa shape index (κ2) is 13.4. The van der Waals surface area contributed by atoms with Crippen molar-refractivity contribution in [3.63, 3.8) is 0 Å². The highest BCUT2D eigenvalue weighted by Gasteiger charge is 2.01. The van der Waals surface area contributed by atoms with E-state index in [0.717, 1.165) is 18.8 Å². The minimum atomic E-state index is 0. The van der Waals surface area contributed by atoms with Crippen molar-refractivity contribution < 1.29 is 0 Å². The van der Waals surface area contributed by atoms with E-state index in [1.165, 1.54) is 0 Å². The molecule has 0 spiro atoms. The average Bonchev–Trinajstić information content (AvgIpc) is 1.88. The molecule has 72 valence electrons. The molecule has 0 saturated carbocycles. The third-order valence-corrected chi connectivity index (χ3v) is 1.76. The van der Waals surface area contributed by atoms with Gasteiger partial charge in [-0.2, -0.15) is 12.6 Å². The first-order valence-electron chi connectivity index (χ1n) is 3.25. The molecule has 0 aromatic carbocycles. The molecule has 0 heterocycles. The van der Waals surface area contributed by atoms with Crippen molar-refractivity contribution in [2.75, 3.05) is 32.9 Å². The lowest BCUT2D eigenvalue weighted by Gasteiger charge is -2.11. The van der Waals surface area contributed by atoms with Gasteiger partial charge in [0, 0.05) is 0 Å². The molecule has 0 rings (SSSR count). The summed E-state index contributed by atoms with van der Waals surface area (Å²) in [6.07, 6.45) is 0. The van der Waals surface area contributed by atoms with Gasteiger partial charge >= 0.3 is 0 Å². The Bertz CT molecular complexity index is 60.5. The third-order valence-electron chi connectivity index (χ3n) is 1.24. The summed E-state index contributed by atoms with van der Waals surface area (Å²) in [6.45, 7) is 2.09. The van der Waals surface area contributed by atoms with Crippen molar-refractivity contribution in [2.45, 2.75) is 0 Å². The first kappa shape index (κ1) is 17.8. The summed E-state index contributed by atoms with van der Waals surface area (Å²) in [6, 6.07) is 0. The molecule has 2 nitrogen and oxygen atoms in total. The number of hydrogen-bond donors (Lipinski definition) is 3. The fourth-order valence-corrected chi connectivity index (χ4v) is 1.04. The molecule has 0 amide bonds. The summed E-state index contributed by atoms with van der Waals surface area (Å²) in [5, 5.41) is 6.23. The van der Waals surface area contributed by atoms with E-state index in [2.05, 4.69) is 23.3 Å². The molecule has 0 radical (unpaired) electrons. The quantitative estimate of drug-likeness (QED) is 0.599. The van der Waals surface area contributed by atoms with Gasteiger partial charge in [0.1, 0.15) is 0 Å². The van der Waals surface area contributed by atoms with Gasteiger partial charge in [-0.3, -0.25) is 0 Å². The molecule has 2 N–H and O–H groups in total. The smallest absolute Gasteiger partial charge is 0.000356 e. The highest BCUT2D eigenvalue weighted by Crippen LogP contribution is 1.94. The van der Waals surface area contributed by atoms with Crippen LogP contribution in [0, 0.1) is 5.92 Å². The molecule has 0 aromatic heterocycles. The monoisotopic (exact) mass is 220 g/mol. The Kier molecular flexibility index (Phi) is 21.8.